The number of aromatic nitrogens is 3. The predicted molar refractivity (Wildman–Crippen MR) is 96.5 cm³/mol. The average molecular weight is 356 g/mol. The Hall–Kier alpha value is -2.83. The van der Waals surface area contributed by atoms with Crippen LogP contribution >= 0.6 is 0 Å². The summed E-state index contributed by atoms with van der Waals surface area (Å²) >= 11 is 0. The van der Waals surface area contributed by atoms with E-state index in [4.69, 9.17) is 4.74 Å². The van der Waals surface area contributed by atoms with E-state index in [1.165, 1.54) is 18.0 Å². The molecule has 1 atom stereocenters. The van der Waals surface area contributed by atoms with E-state index in [2.05, 4.69) is 15.0 Å². The van der Waals surface area contributed by atoms with Gasteiger partial charge in [0.25, 0.3) is 0 Å². The second-order valence-electron chi connectivity index (χ2n) is 6.99. The van der Waals surface area contributed by atoms with E-state index in [0.29, 0.717) is 17.1 Å². The summed E-state index contributed by atoms with van der Waals surface area (Å²) < 4.78 is 5.53. The fraction of sp³-hybridized carbons (Fsp3) is 0.421. The zero-order valence-electron chi connectivity index (χ0n) is 15.8. The second kappa shape index (κ2) is 8.03. The topological polar surface area (TPSA) is 85.3 Å². The number of carbonyl (C=O) groups excluding carboxylic acids is 2. The molecule has 0 fully saturated rings. The lowest BCUT2D eigenvalue weighted by Crippen LogP contribution is -2.38. The van der Waals surface area contributed by atoms with E-state index in [1.807, 2.05) is 27.7 Å². The van der Waals surface area contributed by atoms with Gasteiger partial charge in [0, 0.05) is 24.2 Å². The minimum absolute atomic E-state index is 0.0564. The Morgan fingerprint density at radius 2 is 1.81 bits per heavy atom. The number of ketones is 1. The Kier molecular flexibility index (Phi) is 6.02. The van der Waals surface area contributed by atoms with Gasteiger partial charge in [-0.1, -0.05) is 0 Å². The van der Waals surface area contributed by atoms with Crippen molar-refractivity contribution in [2.24, 2.45) is 0 Å². The number of hydrogen-bond acceptors (Lipinski definition) is 6. The first-order chi connectivity index (χ1) is 12.2. The average Bonchev–Trinajstić information content (AvgIpc) is 2.58. The van der Waals surface area contributed by atoms with Crippen LogP contribution in [-0.2, 0) is 11.3 Å². The van der Waals surface area contributed by atoms with Crippen LogP contribution in [0.5, 0.6) is 0 Å². The van der Waals surface area contributed by atoms with E-state index >= 15 is 0 Å². The molecule has 0 spiro atoms. The fourth-order valence-electron chi connectivity index (χ4n) is 2.25. The Morgan fingerprint density at radius 3 is 2.31 bits per heavy atom. The molecule has 7 nitrogen and oxygen atoms in total. The van der Waals surface area contributed by atoms with Gasteiger partial charge in [0.2, 0.25) is 0 Å². The molecule has 0 aliphatic carbocycles. The van der Waals surface area contributed by atoms with Gasteiger partial charge < -0.3 is 4.74 Å². The van der Waals surface area contributed by atoms with Crippen LogP contribution in [-0.4, -0.2) is 37.3 Å². The Balaban J connectivity index is 2.27. The van der Waals surface area contributed by atoms with Gasteiger partial charge in [0.15, 0.2) is 11.6 Å². The van der Waals surface area contributed by atoms with Gasteiger partial charge in [-0.25, -0.2) is 14.8 Å². The molecule has 0 N–H and O–H groups in total. The van der Waals surface area contributed by atoms with Crippen LogP contribution in [0.15, 0.2) is 36.8 Å². The minimum Gasteiger partial charge on any atom is -0.444 e. The molecule has 2 aromatic heterocycles. The normalized spacial score (nSPS) is 12.3. The van der Waals surface area contributed by atoms with Crippen molar-refractivity contribution in [3.8, 4) is 0 Å². The van der Waals surface area contributed by atoms with Gasteiger partial charge >= 0.3 is 6.09 Å². The van der Waals surface area contributed by atoms with E-state index in [9.17, 15) is 9.59 Å². The molecule has 0 saturated heterocycles. The quantitative estimate of drug-likeness (QED) is 0.761. The number of Topliss-reactive ketones (excluding diaryl/α,β-unsaturated/α-hetero) is 1. The maximum atomic E-state index is 12.7. The van der Waals surface area contributed by atoms with E-state index in [-0.39, 0.29) is 12.3 Å². The Morgan fingerprint density at radius 1 is 1.15 bits per heavy atom. The van der Waals surface area contributed by atoms with Crippen molar-refractivity contribution in [3.63, 3.8) is 0 Å². The molecule has 0 radical (unpaired) electrons. The molecule has 138 valence electrons. The van der Waals surface area contributed by atoms with Crippen LogP contribution in [0.4, 0.5) is 4.79 Å². The summed E-state index contributed by atoms with van der Waals surface area (Å²) in [6.07, 6.45) is 4.29. The minimum atomic E-state index is -0.626. The number of nitrogens with zero attached hydrogens (tertiary/aromatic N) is 4. The molecule has 0 aliphatic heterocycles. The summed E-state index contributed by atoms with van der Waals surface area (Å²) in [4.78, 5) is 38.4. The smallest absolute Gasteiger partial charge is 0.411 e. The maximum Gasteiger partial charge on any atom is 0.411 e. The van der Waals surface area contributed by atoms with Gasteiger partial charge in [0.05, 0.1) is 18.3 Å². The summed E-state index contributed by atoms with van der Waals surface area (Å²) in [7, 11) is 0. The molecule has 0 saturated carbocycles. The Bertz CT molecular complexity index is 755. The zero-order chi connectivity index (χ0) is 19.3. The number of ether oxygens (including phenoxy) is 1. The summed E-state index contributed by atoms with van der Waals surface area (Å²) in [6.45, 7) is 8.97. The van der Waals surface area contributed by atoms with E-state index in [1.54, 1.807) is 30.6 Å². The summed E-state index contributed by atoms with van der Waals surface area (Å²) in [5.41, 5.74) is 0.541. The maximum absolute atomic E-state index is 12.7. The molecule has 1 amide bonds. The van der Waals surface area contributed by atoms with Crippen LogP contribution < -0.4 is 0 Å². The second-order valence-corrected chi connectivity index (χ2v) is 6.99. The highest BCUT2D eigenvalue weighted by atomic mass is 16.6. The van der Waals surface area contributed by atoms with Crippen molar-refractivity contribution < 1.29 is 14.3 Å². The molecular weight excluding hydrogens is 332 g/mol. The van der Waals surface area contributed by atoms with Gasteiger partial charge in [-0.15, -0.1) is 0 Å². The van der Waals surface area contributed by atoms with Gasteiger partial charge in [0.1, 0.15) is 5.60 Å². The molecule has 0 aromatic carbocycles. The molecule has 7 heteroatoms. The first-order valence-corrected chi connectivity index (χ1v) is 8.40. The summed E-state index contributed by atoms with van der Waals surface area (Å²) in [6, 6.07) is 4.74. The van der Waals surface area contributed by atoms with Gasteiger partial charge in [-0.2, -0.15) is 0 Å². The molecule has 2 aromatic rings. The Labute approximate surface area is 153 Å². The third-order valence-corrected chi connectivity index (χ3v) is 3.62. The van der Waals surface area contributed by atoms with Crippen LogP contribution in [0.3, 0.4) is 0 Å². The highest BCUT2D eigenvalue weighted by Gasteiger charge is 2.28. The van der Waals surface area contributed by atoms with Crippen molar-refractivity contribution in [1.29, 1.82) is 0 Å². The number of rotatable bonds is 5. The SMILES string of the molecule is CC(=O)c1ccc(CN(C(=O)OC(C)(C)C)[C@H](C)c2ncccn2)nc1. The van der Waals surface area contributed by atoms with Crippen LogP contribution in [0, 0.1) is 0 Å². The summed E-state index contributed by atoms with van der Waals surface area (Å²) in [5, 5.41) is 0. The predicted octanol–water partition coefficient (Wildman–Crippen LogP) is 3.57. The number of hydrogen-bond donors (Lipinski definition) is 0. The van der Waals surface area contributed by atoms with Crippen molar-refractivity contribution in [2.75, 3.05) is 0 Å². The number of amides is 1. The fourth-order valence-corrected chi connectivity index (χ4v) is 2.25. The van der Waals surface area contributed by atoms with Gasteiger partial charge in [-0.05, 0) is 52.8 Å². The van der Waals surface area contributed by atoms with Crippen molar-refractivity contribution in [3.05, 3.63) is 53.9 Å². The van der Waals surface area contributed by atoms with Crippen LogP contribution in [0.1, 0.15) is 62.5 Å². The molecule has 0 aliphatic rings. The lowest BCUT2D eigenvalue weighted by atomic mass is 10.2. The molecular formula is C19H24N4O3. The zero-order valence-corrected chi connectivity index (χ0v) is 15.8. The lowest BCUT2D eigenvalue weighted by molar-refractivity contribution is 0.0142. The molecule has 0 unspecified atom stereocenters. The molecule has 26 heavy (non-hydrogen) atoms. The molecule has 2 rings (SSSR count). The standard InChI is InChI=1S/C19H24N4O3/c1-13(17-20-9-6-10-21-17)23(18(25)26-19(3,4)5)12-16-8-7-15(11-22-16)14(2)24/h6-11,13H,12H2,1-5H3/t13-/m1/s1. The van der Waals surface area contributed by atoms with E-state index < -0.39 is 17.7 Å². The van der Waals surface area contributed by atoms with Crippen molar-refractivity contribution in [1.82, 2.24) is 19.9 Å². The number of carbonyl (C=O) groups is 2. The number of pyridine rings is 1. The van der Waals surface area contributed by atoms with Crippen LogP contribution in [0.2, 0.25) is 0 Å². The first-order valence-electron chi connectivity index (χ1n) is 8.40. The van der Waals surface area contributed by atoms with Gasteiger partial charge in [-0.3, -0.25) is 14.7 Å². The van der Waals surface area contributed by atoms with E-state index in [0.717, 1.165) is 0 Å². The highest BCUT2D eigenvalue weighted by molar-refractivity contribution is 5.93. The first kappa shape index (κ1) is 19.5. The largest absolute Gasteiger partial charge is 0.444 e. The van der Waals surface area contributed by atoms with Crippen molar-refractivity contribution >= 4 is 11.9 Å². The lowest BCUT2D eigenvalue weighted by Gasteiger charge is -2.30. The van der Waals surface area contributed by atoms with Crippen LogP contribution in [0.25, 0.3) is 0 Å². The monoisotopic (exact) mass is 356 g/mol. The van der Waals surface area contributed by atoms with Crippen molar-refractivity contribution in [2.45, 2.75) is 52.8 Å². The highest BCUT2D eigenvalue weighted by Crippen LogP contribution is 2.22. The summed E-state index contributed by atoms with van der Waals surface area (Å²) in [5.74, 6) is 0.456. The molecule has 0 bridgehead atoms. The molecule has 2 heterocycles. The third kappa shape index (κ3) is 5.34. The third-order valence-electron chi connectivity index (χ3n) is 3.62.